The molecule has 0 spiro atoms. The topological polar surface area (TPSA) is 48.1 Å². The Kier molecular flexibility index (Phi) is 6.26. The van der Waals surface area contributed by atoms with Crippen LogP contribution in [0.1, 0.15) is 17.7 Å². The number of halogens is 4. The average molecular weight is 271 g/mol. The Morgan fingerprint density at radius 1 is 1.41 bits per heavy atom. The normalized spacial score (nSPS) is 10.9. The number of pyridine rings is 1. The standard InChI is InChI=1S/C10H13F3N2O.ClH/c1-7-4-8(5-14)15-6-9(7)16-3-2-10(11,12)13;/h4,6H,2-3,5,14H2,1H3;1H. The van der Waals surface area contributed by atoms with E-state index in [1.807, 2.05) is 0 Å². The van der Waals surface area contributed by atoms with Gasteiger partial charge in [0.25, 0.3) is 0 Å². The van der Waals surface area contributed by atoms with Gasteiger partial charge in [-0.2, -0.15) is 13.2 Å². The summed E-state index contributed by atoms with van der Waals surface area (Å²) in [5, 5.41) is 0. The molecule has 0 aliphatic carbocycles. The molecule has 1 rings (SSSR count). The number of hydrogen-bond acceptors (Lipinski definition) is 3. The molecule has 0 aromatic carbocycles. The molecule has 0 saturated carbocycles. The summed E-state index contributed by atoms with van der Waals surface area (Å²) in [6.07, 6.45) is -3.77. The fourth-order valence-electron chi connectivity index (χ4n) is 1.14. The quantitative estimate of drug-likeness (QED) is 0.915. The first-order valence-electron chi connectivity index (χ1n) is 4.77. The van der Waals surface area contributed by atoms with Gasteiger partial charge >= 0.3 is 6.18 Å². The van der Waals surface area contributed by atoms with Gasteiger partial charge in [-0.25, -0.2) is 0 Å². The SMILES string of the molecule is Cc1cc(CN)ncc1OCCC(F)(F)F.Cl. The Balaban J connectivity index is 0.00000256. The van der Waals surface area contributed by atoms with Crippen molar-refractivity contribution in [2.24, 2.45) is 5.73 Å². The number of alkyl halides is 3. The van der Waals surface area contributed by atoms with Gasteiger partial charge < -0.3 is 10.5 Å². The molecule has 0 bridgehead atoms. The van der Waals surface area contributed by atoms with Crippen LogP contribution in [-0.2, 0) is 6.54 Å². The maximum absolute atomic E-state index is 11.9. The highest BCUT2D eigenvalue weighted by molar-refractivity contribution is 5.85. The minimum absolute atomic E-state index is 0. The maximum Gasteiger partial charge on any atom is 0.392 e. The Labute approximate surface area is 104 Å². The molecular weight excluding hydrogens is 257 g/mol. The van der Waals surface area contributed by atoms with Gasteiger partial charge in [-0.05, 0) is 18.6 Å². The van der Waals surface area contributed by atoms with Gasteiger partial charge in [0.05, 0.1) is 24.9 Å². The molecule has 0 radical (unpaired) electrons. The Bertz CT molecular complexity index is 358. The molecule has 1 aromatic rings. The largest absolute Gasteiger partial charge is 0.491 e. The van der Waals surface area contributed by atoms with E-state index >= 15 is 0 Å². The molecule has 2 N–H and O–H groups in total. The van der Waals surface area contributed by atoms with Gasteiger partial charge in [-0.15, -0.1) is 12.4 Å². The van der Waals surface area contributed by atoms with Gasteiger partial charge in [-0.1, -0.05) is 0 Å². The fourth-order valence-corrected chi connectivity index (χ4v) is 1.14. The van der Waals surface area contributed by atoms with E-state index in [2.05, 4.69) is 4.98 Å². The monoisotopic (exact) mass is 270 g/mol. The zero-order chi connectivity index (χ0) is 12.2. The number of hydrogen-bond donors (Lipinski definition) is 1. The Hall–Kier alpha value is -1.01. The van der Waals surface area contributed by atoms with Crippen molar-refractivity contribution in [3.05, 3.63) is 23.5 Å². The van der Waals surface area contributed by atoms with Crippen LogP contribution in [0, 0.1) is 6.92 Å². The van der Waals surface area contributed by atoms with Gasteiger partial charge in [0.2, 0.25) is 0 Å². The summed E-state index contributed by atoms with van der Waals surface area (Å²) in [7, 11) is 0. The number of ether oxygens (including phenoxy) is 1. The van der Waals surface area contributed by atoms with E-state index in [1.165, 1.54) is 6.20 Å². The van der Waals surface area contributed by atoms with Crippen molar-refractivity contribution in [2.75, 3.05) is 6.61 Å². The summed E-state index contributed by atoms with van der Waals surface area (Å²) < 4.78 is 40.6. The first kappa shape index (κ1) is 16.0. The van der Waals surface area contributed by atoms with Crippen molar-refractivity contribution in [1.82, 2.24) is 4.98 Å². The first-order valence-corrected chi connectivity index (χ1v) is 4.77. The summed E-state index contributed by atoms with van der Waals surface area (Å²) in [6, 6.07) is 1.70. The molecule has 0 atom stereocenters. The van der Waals surface area contributed by atoms with E-state index in [9.17, 15) is 13.2 Å². The van der Waals surface area contributed by atoms with Crippen LogP contribution in [0.15, 0.2) is 12.3 Å². The van der Waals surface area contributed by atoms with E-state index in [0.717, 1.165) is 5.56 Å². The van der Waals surface area contributed by atoms with Crippen molar-refractivity contribution >= 4 is 12.4 Å². The lowest BCUT2D eigenvalue weighted by molar-refractivity contribution is -0.139. The highest BCUT2D eigenvalue weighted by Gasteiger charge is 2.26. The number of nitrogens with zero attached hydrogens (tertiary/aromatic N) is 1. The molecule has 0 saturated heterocycles. The predicted octanol–water partition coefficient (Wildman–Crippen LogP) is 2.60. The van der Waals surface area contributed by atoms with E-state index in [0.29, 0.717) is 18.0 Å². The second-order valence-corrected chi connectivity index (χ2v) is 3.36. The highest BCUT2D eigenvalue weighted by Crippen LogP contribution is 2.21. The molecular formula is C10H14ClF3N2O. The number of rotatable bonds is 4. The third kappa shape index (κ3) is 5.74. The molecule has 0 aliphatic heterocycles. The number of aryl methyl sites for hydroxylation is 1. The first-order chi connectivity index (χ1) is 7.42. The van der Waals surface area contributed by atoms with Crippen molar-refractivity contribution in [3.8, 4) is 5.75 Å². The van der Waals surface area contributed by atoms with E-state index in [-0.39, 0.29) is 12.4 Å². The van der Waals surface area contributed by atoms with Gasteiger partial charge in [0, 0.05) is 6.54 Å². The average Bonchev–Trinajstić information content (AvgIpc) is 2.18. The molecule has 17 heavy (non-hydrogen) atoms. The van der Waals surface area contributed by atoms with Crippen LogP contribution in [-0.4, -0.2) is 17.8 Å². The molecule has 3 nitrogen and oxygen atoms in total. The minimum Gasteiger partial charge on any atom is -0.491 e. The third-order valence-electron chi connectivity index (χ3n) is 1.97. The summed E-state index contributed by atoms with van der Waals surface area (Å²) in [5.41, 5.74) is 6.79. The second kappa shape index (κ2) is 6.66. The van der Waals surface area contributed by atoms with Crippen LogP contribution in [0.2, 0.25) is 0 Å². The summed E-state index contributed by atoms with van der Waals surface area (Å²) >= 11 is 0. The molecule has 7 heteroatoms. The van der Waals surface area contributed by atoms with E-state index < -0.39 is 19.2 Å². The second-order valence-electron chi connectivity index (χ2n) is 3.36. The molecule has 98 valence electrons. The van der Waals surface area contributed by atoms with Crippen molar-refractivity contribution in [3.63, 3.8) is 0 Å². The van der Waals surface area contributed by atoms with Crippen LogP contribution >= 0.6 is 12.4 Å². The Morgan fingerprint density at radius 3 is 2.53 bits per heavy atom. The van der Waals surface area contributed by atoms with Gasteiger partial charge in [0.1, 0.15) is 5.75 Å². The van der Waals surface area contributed by atoms with Crippen LogP contribution in [0.5, 0.6) is 5.75 Å². The van der Waals surface area contributed by atoms with Crippen LogP contribution in [0.3, 0.4) is 0 Å². The Morgan fingerprint density at radius 2 is 2.06 bits per heavy atom. The molecule has 0 amide bonds. The smallest absolute Gasteiger partial charge is 0.392 e. The molecule has 1 aromatic heterocycles. The van der Waals surface area contributed by atoms with E-state index in [1.54, 1.807) is 13.0 Å². The molecule has 1 heterocycles. The van der Waals surface area contributed by atoms with Crippen LogP contribution < -0.4 is 10.5 Å². The van der Waals surface area contributed by atoms with Gasteiger partial charge in [-0.3, -0.25) is 4.98 Å². The van der Waals surface area contributed by atoms with Gasteiger partial charge in [0.15, 0.2) is 0 Å². The van der Waals surface area contributed by atoms with E-state index in [4.69, 9.17) is 10.5 Å². The zero-order valence-electron chi connectivity index (χ0n) is 9.25. The molecule has 0 aliphatic rings. The summed E-state index contributed by atoms with van der Waals surface area (Å²) in [5.74, 6) is 0.362. The summed E-state index contributed by atoms with van der Waals surface area (Å²) in [6.45, 7) is 1.64. The lowest BCUT2D eigenvalue weighted by Crippen LogP contribution is -2.13. The van der Waals surface area contributed by atoms with Crippen molar-refractivity contribution in [2.45, 2.75) is 26.1 Å². The zero-order valence-corrected chi connectivity index (χ0v) is 10.1. The summed E-state index contributed by atoms with van der Waals surface area (Å²) in [4.78, 5) is 3.94. The highest BCUT2D eigenvalue weighted by atomic mass is 35.5. The van der Waals surface area contributed by atoms with Crippen molar-refractivity contribution in [1.29, 1.82) is 0 Å². The number of aromatic nitrogens is 1. The minimum atomic E-state index is -4.20. The maximum atomic E-state index is 11.9. The molecule has 0 unspecified atom stereocenters. The third-order valence-corrected chi connectivity index (χ3v) is 1.97. The number of nitrogens with two attached hydrogens (primary N) is 1. The lowest BCUT2D eigenvalue weighted by atomic mass is 10.2. The predicted molar refractivity (Wildman–Crippen MR) is 60.3 cm³/mol. The fraction of sp³-hybridized carbons (Fsp3) is 0.500. The van der Waals surface area contributed by atoms with Crippen LogP contribution in [0.25, 0.3) is 0 Å². The van der Waals surface area contributed by atoms with Crippen molar-refractivity contribution < 1.29 is 17.9 Å². The molecule has 0 fully saturated rings. The van der Waals surface area contributed by atoms with Crippen LogP contribution in [0.4, 0.5) is 13.2 Å². The lowest BCUT2D eigenvalue weighted by Gasteiger charge is -2.10.